The molecule has 2 rings (SSSR count). The Balaban J connectivity index is 1.69. The van der Waals surface area contributed by atoms with Crippen molar-refractivity contribution in [2.24, 2.45) is 0 Å². The summed E-state index contributed by atoms with van der Waals surface area (Å²) in [5, 5.41) is 2.90. The van der Waals surface area contributed by atoms with Gasteiger partial charge in [0, 0.05) is 5.56 Å². The number of carbonyl (C=O) groups excluding carboxylic acids is 1. The van der Waals surface area contributed by atoms with Crippen LogP contribution in [0.3, 0.4) is 0 Å². The van der Waals surface area contributed by atoms with Gasteiger partial charge in [-0.15, -0.1) is 0 Å². The van der Waals surface area contributed by atoms with Crippen molar-refractivity contribution < 1.29 is 19.2 Å². The molecule has 134 valence electrons. The highest BCUT2D eigenvalue weighted by molar-refractivity contribution is 5.76. The second-order valence-corrected chi connectivity index (χ2v) is 6.09. The molecule has 0 aliphatic heterocycles. The van der Waals surface area contributed by atoms with Crippen molar-refractivity contribution in [3.8, 4) is 11.5 Å². The first kappa shape index (κ1) is 18.8. The fourth-order valence-corrected chi connectivity index (χ4v) is 2.62. The van der Waals surface area contributed by atoms with Crippen LogP contribution in [-0.2, 0) is 11.3 Å². The molecule has 0 aliphatic carbocycles. The molecule has 1 unspecified atom stereocenters. The summed E-state index contributed by atoms with van der Waals surface area (Å²) < 4.78 is 10.9. The molecule has 1 atom stereocenters. The molecule has 0 aliphatic rings. The predicted molar refractivity (Wildman–Crippen MR) is 98.1 cm³/mol. The van der Waals surface area contributed by atoms with Crippen molar-refractivity contribution >= 4 is 5.91 Å². The number of ether oxygens (including phenoxy) is 2. The molecule has 2 N–H and O–H groups in total. The molecule has 2 aromatic carbocycles. The van der Waals surface area contributed by atoms with Crippen molar-refractivity contribution in [2.45, 2.75) is 13.5 Å². The third-order valence-electron chi connectivity index (χ3n) is 3.97. The van der Waals surface area contributed by atoms with Gasteiger partial charge in [0.2, 0.25) is 0 Å². The van der Waals surface area contributed by atoms with Gasteiger partial charge in [-0.25, -0.2) is 0 Å². The number of hydrogen-bond acceptors (Lipinski definition) is 3. The van der Waals surface area contributed by atoms with Crippen molar-refractivity contribution in [3.05, 3.63) is 59.7 Å². The van der Waals surface area contributed by atoms with E-state index in [0.29, 0.717) is 31.2 Å². The van der Waals surface area contributed by atoms with Crippen molar-refractivity contribution in [3.63, 3.8) is 0 Å². The lowest BCUT2D eigenvalue weighted by Crippen LogP contribution is -3.09. The van der Waals surface area contributed by atoms with Gasteiger partial charge in [-0.3, -0.25) is 4.79 Å². The van der Waals surface area contributed by atoms with E-state index in [1.165, 1.54) is 11.1 Å². The number of para-hydroxylation sites is 2. The molecule has 0 saturated carbocycles. The number of aryl methyl sites for hydroxylation is 1. The summed E-state index contributed by atoms with van der Waals surface area (Å²) in [7, 11) is 3.63. The zero-order chi connectivity index (χ0) is 18.1. The van der Waals surface area contributed by atoms with Gasteiger partial charge in [0.05, 0.1) is 20.7 Å². The lowest BCUT2D eigenvalue weighted by Gasteiger charge is -2.15. The van der Waals surface area contributed by atoms with E-state index in [1.807, 2.05) is 43.4 Å². The molecule has 0 aromatic heterocycles. The van der Waals surface area contributed by atoms with E-state index in [-0.39, 0.29) is 5.91 Å². The van der Waals surface area contributed by atoms with Gasteiger partial charge < -0.3 is 19.7 Å². The van der Waals surface area contributed by atoms with Gasteiger partial charge in [0.15, 0.2) is 18.0 Å². The maximum Gasteiger partial charge on any atom is 0.275 e. The Labute approximate surface area is 149 Å². The van der Waals surface area contributed by atoms with E-state index in [0.717, 1.165) is 11.4 Å². The van der Waals surface area contributed by atoms with Crippen LogP contribution in [-0.4, -0.2) is 39.8 Å². The minimum atomic E-state index is 0.0229. The second kappa shape index (κ2) is 9.69. The minimum absolute atomic E-state index is 0.0229. The number of benzene rings is 2. The van der Waals surface area contributed by atoms with E-state index >= 15 is 0 Å². The van der Waals surface area contributed by atoms with Gasteiger partial charge in [0.25, 0.3) is 5.91 Å². The summed E-state index contributed by atoms with van der Waals surface area (Å²) in [6.07, 6.45) is 0. The topological polar surface area (TPSA) is 52.0 Å². The minimum Gasteiger partial charge on any atom is -0.493 e. The first-order valence-corrected chi connectivity index (χ1v) is 8.48. The van der Waals surface area contributed by atoms with Crippen molar-refractivity contribution in [1.29, 1.82) is 0 Å². The van der Waals surface area contributed by atoms with Crippen LogP contribution in [0.2, 0.25) is 0 Å². The first-order chi connectivity index (χ1) is 12.1. The number of nitrogens with one attached hydrogen (secondary N) is 2. The molecule has 0 heterocycles. The summed E-state index contributed by atoms with van der Waals surface area (Å²) in [6, 6.07) is 15.7. The largest absolute Gasteiger partial charge is 0.493 e. The molecular weight excluding hydrogens is 316 g/mol. The first-order valence-electron chi connectivity index (χ1n) is 8.48. The van der Waals surface area contributed by atoms with Gasteiger partial charge in [-0.05, 0) is 24.6 Å². The Morgan fingerprint density at radius 3 is 2.48 bits per heavy atom. The quantitative estimate of drug-likeness (QED) is 0.673. The van der Waals surface area contributed by atoms with Crippen LogP contribution in [0.15, 0.2) is 48.5 Å². The number of amides is 1. The van der Waals surface area contributed by atoms with Gasteiger partial charge in [-0.1, -0.05) is 36.4 Å². The molecule has 5 nitrogen and oxygen atoms in total. The smallest absolute Gasteiger partial charge is 0.275 e. The summed E-state index contributed by atoms with van der Waals surface area (Å²) >= 11 is 0. The fourth-order valence-electron chi connectivity index (χ4n) is 2.62. The zero-order valence-corrected chi connectivity index (χ0v) is 15.2. The summed E-state index contributed by atoms with van der Waals surface area (Å²) in [5.74, 6) is 1.40. The Morgan fingerprint density at radius 1 is 1.08 bits per heavy atom. The standard InChI is InChI=1S/C20H26N2O3/c1-16-8-4-5-9-17(16)14-22(2)15-20(23)21-12-13-25-19-11-7-6-10-18(19)24-3/h4-11H,12-15H2,1-3H3,(H,21,23)/p+1. The van der Waals surface area contributed by atoms with Crippen LogP contribution in [0.1, 0.15) is 11.1 Å². The maximum absolute atomic E-state index is 12.1. The lowest BCUT2D eigenvalue weighted by molar-refractivity contribution is -0.885. The molecule has 0 bridgehead atoms. The van der Waals surface area contributed by atoms with E-state index in [4.69, 9.17) is 9.47 Å². The average Bonchev–Trinajstić information content (AvgIpc) is 2.61. The summed E-state index contributed by atoms with van der Waals surface area (Å²) in [4.78, 5) is 13.2. The van der Waals surface area contributed by atoms with Gasteiger partial charge in [0.1, 0.15) is 13.2 Å². The van der Waals surface area contributed by atoms with Crippen LogP contribution in [0.4, 0.5) is 0 Å². The van der Waals surface area contributed by atoms with Crippen LogP contribution >= 0.6 is 0 Å². The molecular formula is C20H27N2O3+. The Bertz CT molecular complexity index is 688. The molecule has 0 saturated heterocycles. The second-order valence-electron chi connectivity index (χ2n) is 6.09. The number of hydrogen-bond donors (Lipinski definition) is 2. The molecule has 0 radical (unpaired) electrons. The molecule has 5 heteroatoms. The van der Waals surface area contributed by atoms with Crippen LogP contribution in [0.5, 0.6) is 11.5 Å². The normalized spacial score (nSPS) is 11.6. The summed E-state index contributed by atoms with van der Waals surface area (Å²) in [5.41, 5.74) is 2.53. The molecule has 1 amide bonds. The number of likely N-dealkylation sites (N-methyl/N-ethyl adjacent to an activating group) is 1. The molecule has 25 heavy (non-hydrogen) atoms. The average molecular weight is 343 g/mol. The fraction of sp³-hybridized carbons (Fsp3) is 0.350. The Hall–Kier alpha value is -2.53. The number of quaternary nitrogens is 1. The van der Waals surface area contributed by atoms with E-state index in [9.17, 15) is 4.79 Å². The van der Waals surface area contributed by atoms with Crippen molar-refractivity contribution in [2.75, 3.05) is 33.9 Å². The zero-order valence-electron chi connectivity index (χ0n) is 15.2. The van der Waals surface area contributed by atoms with Gasteiger partial charge >= 0.3 is 0 Å². The van der Waals surface area contributed by atoms with Gasteiger partial charge in [-0.2, -0.15) is 0 Å². The number of methoxy groups -OCH3 is 1. The third kappa shape index (κ3) is 6.12. The van der Waals surface area contributed by atoms with Crippen LogP contribution in [0.25, 0.3) is 0 Å². The SMILES string of the molecule is COc1ccccc1OCCNC(=O)C[NH+](C)Cc1ccccc1C. The van der Waals surface area contributed by atoms with Crippen molar-refractivity contribution in [1.82, 2.24) is 5.32 Å². The van der Waals surface area contributed by atoms with E-state index in [2.05, 4.69) is 24.4 Å². The van der Waals surface area contributed by atoms with Crippen LogP contribution < -0.4 is 19.7 Å². The molecule has 2 aromatic rings. The summed E-state index contributed by atoms with van der Waals surface area (Å²) in [6.45, 7) is 4.23. The number of carbonyl (C=O) groups is 1. The Kier molecular flexibility index (Phi) is 7.29. The molecule has 0 spiro atoms. The van der Waals surface area contributed by atoms with Crippen LogP contribution in [0, 0.1) is 6.92 Å². The predicted octanol–water partition coefficient (Wildman–Crippen LogP) is 1.21. The van der Waals surface area contributed by atoms with E-state index in [1.54, 1.807) is 7.11 Å². The number of rotatable bonds is 9. The Morgan fingerprint density at radius 2 is 1.76 bits per heavy atom. The molecule has 0 fully saturated rings. The lowest BCUT2D eigenvalue weighted by atomic mass is 10.1. The maximum atomic E-state index is 12.1. The third-order valence-corrected chi connectivity index (χ3v) is 3.97. The highest BCUT2D eigenvalue weighted by atomic mass is 16.5. The highest BCUT2D eigenvalue weighted by Gasteiger charge is 2.11. The highest BCUT2D eigenvalue weighted by Crippen LogP contribution is 2.25. The monoisotopic (exact) mass is 343 g/mol. The van der Waals surface area contributed by atoms with E-state index < -0.39 is 0 Å².